The van der Waals surface area contributed by atoms with Gasteiger partial charge in [0.2, 0.25) is 0 Å². The van der Waals surface area contributed by atoms with Gasteiger partial charge >= 0.3 is 0 Å². The van der Waals surface area contributed by atoms with E-state index in [1.54, 1.807) is 0 Å². The summed E-state index contributed by atoms with van der Waals surface area (Å²) in [4.78, 5) is 0. The van der Waals surface area contributed by atoms with Gasteiger partial charge in [-0.1, -0.05) is 6.92 Å². The Bertz CT molecular complexity index is 268. The second-order valence-electron chi connectivity index (χ2n) is 6.05. The molecule has 0 aliphatic heterocycles. The summed E-state index contributed by atoms with van der Waals surface area (Å²) in [5.41, 5.74) is -0.534. The van der Waals surface area contributed by atoms with E-state index in [-0.39, 0.29) is 5.60 Å². The second kappa shape index (κ2) is 9.30. The summed E-state index contributed by atoms with van der Waals surface area (Å²) in [6.45, 7) is 12.9. The summed E-state index contributed by atoms with van der Waals surface area (Å²) in [7, 11) is 0. The van der Waals surface area contributed by atoms with Crippen molar-refractivity contribution in [2.75, 3.05) is 26.4 Å². The van der Waals surface area contributed by atoms with Crippen molar-refractivity contribution in [2.24, 2.45) is 0 Å². The molecule has 1 unspecified atom stereocenters. The molecule has 0 radical (unpaired) electrons. The van der Waals surface area contributed by atoms with E-state index < -0.39 is 5.54 Å². The third kappa shape index (κ3) is 10.9. The highest BCUT2D eigenvalue weighted by atomic mass is 16.5. The highest BCUT2D eigenvalue weighted by molar-refractivity contribution is 5.03. The summed E-state index contributed by atoms with van der Waals surface area (Å²) >= 11 is 0. The van der Waals surface area contributed by atoms with E-state index >= 15 is 0 Å². The fraction of sp³-hybridized carbons (Fsp3) is 0.933. The Morgan fingerprint density at radius 3 is 2.32 bits per heavy atom. The van der Waals surface area contributed by atoms with Crippen LogP contribution in [0.3, 0.4) is 0 Å². The van der Waals surface area contributed by atoms with Crippen LogP contribution in [0.4, 0.5) is 0 Å². The van der Waals surface area contributed by atoms with Crippen LogP contribution in [-0.4, -0.2) is 37.5 Å². The molecule has 0 rings (SSSR count). The van der Waals surface area contributed by atoms with Crippen LogP contribution in [0.15, 0.2) is 0 Å². The van der Waals surface area contributed by atoms with Crippen LogP contribution >= 0.6 is 0 Å². The van der Waals surface area contributed by atoms with Crippen molar-refractivity contribution in [2.45, 2.75) is 65.0 Å². The molecule has 0 saturated carbocycles. The lowest BCUT2D eigenvalue weighted by Crippen LogP contribution is -2.41. The van der Waals surface area contributed by atoms with Crippen molar-refractivity contribution >= 4 is 0 Å². The van der Waals surface area contributed by atoms with Gasteiger partial charge in [0, 0.05) is 6.61 Å². The van der Waals surface area contributed by atoms with Crippen LogP contribution in [0.25, 0.3) is 0 Å². The Morgan fingerprint density at radius 1 is 1.11 bits per heavy atom. The Labute approximate surface area is 118 Å². The summed E-state index contributed by atoms with van der Waals surface area (Å²) < 4.78 is 11.1. The number of rotatable bonds is 10. The number of nitriles is 1. The molecule has 1 atom stereocenters. The van der Waals surface area contributed by atoms with Gasteiger partial charge in [-0.2, -0.15) is 5.26 Å². The lowest BCUT2D eigenvalue weighted by Gasteiger charge is -2.23. The SMILES string of the molecule is CCCNC(C)(C#N)CCCOCCOC(C)(C)C. The van der Waals surface area contributed by atoms with Crippen LogP contribution in [0.5, 0.6) is 0 Å². The minimum Gasteiger partial charge on any atom is -0.379 e. The van der Waals surface area contributed by atoms with Crippen molar-refractivity contribution < 1.29 is 9.47 Å². The summed E-state index contributed by atoms with van der Waals surface area (Å²) in [5, 5.41) is 12.4. The maximum absolute atomic E-state index is 9.17. The molecule has 0 aromatic carbocycles. The first-order valence-corrected chi connectivity index (χ1v) is 7.21. The molecule has 0 aromatic rings. The van der Waals surface area contributed by atoms with Crippen LogP contribution in [0.1, 0.15) is 53.9 Å². The zero-order chi connectivity index (χ0) is 14.8. The van der Waals surface area contributed by atoms with Gasteiger partial charge in [-0.25, -0.2) is 0 Å². The molecule has 0 aliphatic rings. The summed E-state index contributed by atoms with van der Waals surface area (Å²) in [5.74, 6) is 0. The quantitative estimate of drug-likeness (QED) is 0.620. The van der Waals surface area contributed by atoms with Gasteiger partial charge < -0.3 is 9.47 Å². The Kier molecular flexibility index (Phi) is 8.99. The van der Waals surface area contributed by atoms with Gasteiger partial charge in [0.1, 0.15) is 5.54 Å². The van der Waals surface area contributed by atoms with Crippen LogP contribution in [-0.2, 0) is 9.47 Å². The van der Waals surface area contributed by atoms with Crippen LogP contribution in [0, 0.1) is 11.3 Å². The van der Waals surface area contributed by atoms with Gasteiger partial charge in [-0.3, -0.25) is 5.32 Å². The molecular weight excluding hydrogens is 240 g/mol. The van der Waals surface area contributed by atoms with Crippen molar-refractivity contribution in [1.29, 1.82) is 5.26 Å². The van der Waals surface area contributed by atoms with Gasteiger partial charge in [0.25, 0.3) is 0 Å². The van der Waals surface area contributed by atoms with Gasteiger partial charge in [-0.05, 0) is 53.5 Å². The van der Waals surface area contributed by atoms with Crippen molar-refractivity contribution in [3.8, 4) is 6.07 Å². The number of hydrogen-bond acceptors (Lipinski definition) is 4. The third-order valence-corrected chi connectivity index (χ3v) is 2.74. The maximum atomic E-state index is 9.17. The first-order chi connectivity index (χ1) is 8.83. The smallest absolute Gasteiger partial charge is 0.104 e. The molecule has 0 fully saturated rings. The number of hydrogen-bond donors (Lipinski definition) is 1. The monoisotopic (exact) mass is 270 g/mol. The fourth-order valence-electron chi connectivity index (χ4n) is 1.62. The molecule has 0 aliphatic carbocycles. The minimum absolute atomic E-state index is 0.104. The Balaban J connectivity index is 3.59. The summed E-state index contributed by atoms with van der Waals surface area (Å²) in [6.07, 6.45) is 2.73. The predicted octanol–water partition coefficient (Wildman–Crippen LogP) is 2.88. The number of nitrogens with zero attached hydrogens (tertiary/aromatic N) is 1. The van der Waals surface area contributed by atoms with Gasteiger partial charge in [0.15, 0.2) is 0 Å². The minimum atomic E-state index is -0.429. The van der Waals surface area contributed by atoms with Gasteiger partial charge in [0.05, 0.1) is 24.9 Å². The molecule has 4 nitrogen and oxygen atoms in total. The highest BCUT2D eigenvalue weighted by Gasteiger charge is 2.21. The maximum Gasteiger partial charge on any atom is 0.104 e. The molecule has 0 saturated heterocycles. The molecule has 4 heteroatoms. The topological polar surface area (TPSA) is 54.3 Å². The lowest BCUT2D eigenvalue weighted by atomic mass is 9.98. The first kappa shape index (κ1) is 18.4. The van der Waals surface area contributed by atoms with Crippen LogP contribution in [0.2, 0.25) is 0 Å². The molecule has 0 heterocycles. The predicted molar refractivity (Wildman–Crippen MR) is 78.1 cm³/mol. The zero-order valence-corrected chi connectivity index (χ0v) is 13.2. The van der Waals surface area contributed by atoms with E-state index in [4.69, 9.17) is 14.7 Å². The number of ether oxygens (including phenoxy) is 2. The fourth-order valence-corrected chi connectivity index (χ4v) is 1.62. The van der Waals surface area contributed by atoms with E-state index in [1.807, 2.05) is 27.7 Å². The van der Waals surface area contributed by atoms with Crippen molar-refractivity contribution in [1.82, 2.24) is 5.32 Å². The highest BCUT2D eigenvalue weighted by Crippen LogP contribution is 2.11. The molecule has 112 valence electrons. The third-order valence-electron chi connectivity index (χ3n) is 2.74. The van der Waals surface area contributed by atoms with E-state index in [9.17, 15) is 0 Å². The second-order valence-corrected chi connectivity index (χ2v) is 6.05. The lowest BCUT2D eigenvalue weighted by molar-refractivity contribution is -0.0354. The molecule has 0 aromatic heterocycles. The van der Waals surface area contributed by atoms with E-state index in [2.05, 4.69) is 18.3 Å². The van der Waals surface area contributed by atoms with E-state index in [1.165, 1.54) is 0 Å². The molecule has 0 spiro atoms. The molecule has 0 amide bonds. The van der Waals surface area contributed by atoms with E-state index in [0.717, 1.165) is 25.8 Å². The zero-order valence-electron chi connectivity index (χ0n) is 13.2. The standard InChI is InChI=1S/C15H30N2O2/c1-6-9-17-15(5,13-16)8-7-10-18-11-12-19-14(2,3)4/h17H,6-12H2,1-5H3. The molecular formula is C15H30N2O2. The van der Waals surface area contributed by atoms with E-state index in [0.29, 0.717) is 19.8 Å². The Morgan fingerprint density at radius 2 is 1.79 bits per heavy atom. The molecule has 0 bridgehead atoms. The Hall–Kier alpha value is -0.630. The van der Waals surface area contributed by atoms with Crippen molar-refractivity contribution in [3.63, 3.8) is 0 Å². The molecule has 19 heavy (non-hydrogen) atoms. The number of nitrogens with one attached hydrogen (secondary N) is 1. The largest absolute Gasteiger partial charge is 0.379 e. The molecule has 1 N–H and O–H groups in total. The first-order valence-electron chi connectivity index (χ1n) is 7.21. The van der Waals surface area contributed by atoms with Gasteiger partial charge in [-0.15, -0.1) is 0 Å². The average Bonchev–Trinajstić information content (AvgIpc) is 2.34. The summed E-state index contributed by atoms with van der Waals surface area (Å²) in [6, 6.07) is 2.34. The normalized spacial score (nSPS) is 14.9. The van der Waals surface area contributed by atoms with Crippen LogP contribution < -0.4 is 5.32 Å². The van der Waals surface area contributed by atoms with Crippen molar-refractivity contribution in [3.05, 3.63) is 0 Å². The average molecular weight is 270 g/mol.